The SMILES string of the molecule is CCCOc1ccc(NC(=O)C2CCCC(N)C2)cc1. The van der Waals surface area contributed by atoms with Gasteiger partial charge in [-0.15, -0.1) is 0 Å². The molecule has 1 aliphatic rings. The molecule has 2 atom stereocenters. The van der Waals surface area contributed by atoms with E-state index in [-0.39, 0.29) is 17.9 Å². The van der Waals surface area contributed by atoms with Gasteiger partial charge in [-0.3, -0.25) is 4.79 Å². The first-order valence-corrected chi connectivity index (χ1v) is 7.48. The summed E-state index contributed by atoms with van der Waals surface area (Å²) in [4.78, 5) is 12.2. The third-order valence-corrected chi connectivity index (χ3v) is 3.68. The van der Waals surface area contributed by atoms with Crippen LogP contribution in [0, 0.1) is 5.92 Å². The van der Waals surface area contributed by atoms with Crippen LogP contribution in [0.25, 0.3) is 0 Å². The van der Waals surface area contributed by atoms with Crippen molar-refractivity contribution in [3.63, 3.8) is 0 Å². The summed E-state index contributed by atoms with van der Waals surface area (Å²) in [5.74, 6) is 0.974. The van der Waals surface area contributed by atoms with E-state index >= 15 is 0 Å². The van der Waals surface area contributed by atoms with Crippen LogP contribution >= 0.6 is 0 Å². The van der Waals surface area contributed by atoms with Crippen LogP contribution in [0.4, 0.5) is 5.69 Å². The number of nitrogens with one attached hydrogen (secondary N) is 1. The van der Waals surface area contributed by atoms with E-state index in [1.54, 1.807) is 0 Å². The second-order valence-electron chi connectivity index (χ2n) is 5.49. The topological polar surface area (TPSA) is 64.3 Å². The van der Waals surface area contributed by atoms with E-state index in [0.29, 0.717) is 6.61 Å². The third kappa shape index (κ3) is 4.23. The number of anilines is 1. The number of hydrogen-bond donors (Lipinski definition) is 2. The summed E-state index contributed by atoms with van der Waals surface area (Å²) < 4.78 is 5.52. The Hall–Kier alpha value is -1.55. The van der Waals surface area contributed by atoms with Gasteiger partial charge in [0.2, 0.25) is 5.91 Å². The highest BCUT2D eigenvalue weighted by molar-refractivity contribution is 5.92. The maximum Gasteiger partial charge on any atom is 0.227 e. The lowest BCUT2D eigenvalue weighted by atomic mass is 9.85. The molecule has 1 aromatic carbocycles. The van der Waals surface area contributed by atoms with Crippen molar-refractivity contribution in [2.75, 3.05) is 11.9 Å². The molecular weight excluding hydrogens is 252 g/mol. The standard InChI is InChI=1S/C16H24N2O2/c1-2-10-20-15-8-6-14(7-9-15)18-16(19)12-4-3-5-13(17)11-12/h6-9,12-13H,2-5,10-11,17H2,1H3,(H,18,19). The van der Waals surface area contributed by atoms with Gasteiger partial charge in [0.25, 0.3) is 0 Å². The summed E-state index contributed by atoms with van der Waals surface area (Å²) in [5.41, 5.74) is 6.74. The molecule has 1 aromatic rings. The lowest BCUT2D eigenvalue weighted by molar-refractivity contribution is -0.120. The molecule has 0 bridgehead atoms. The van der Waals surface area contributed by atoms with Crippen LogP contribution in [0.15, 0.2) is 24.3 Å². The zero-order valence-electron chi connectivity index (χ0n) is 12.1. The number of hydrogen-bond acceptors (Lipinski definition) is 3. The molecule has 0 heterocycles. The molecule has 2 rings (SSSR count). The maximum atomic E-state index is 12.2. The molecule has 1 amide bonds. The fourth-order valence-corrected chi connectivity index (χ4v) is 2.56. The van der Waals surface area contributed by atoms with Gasteiger partial charge in [-0.05, 0) is 49.9 Å². The molecule has 2 unspecified atom stereocenters. The van der Waals surface area contributed by atoms with Gasteiger partial charge in [-0.2, -0.15) is 0 Å². The molecule has 4 nitrogen and oxygen atoms in total. The lowest BCUT2D eigenvalue weighted by Crippen LogP contribution is -2.34. The number of rotatable bonds is 5. The van der Waals surface area contributed by atoms with Crippen molar-refractivity contribution in [1.29, 1.82) is 0 Å². The molecule has 1 aliphatic carbocycles. The van der Waals surface area contributed by atoms with E-state index in [2.05, 4.69) is 12.2 Å². The van der Waals surface area contributed by atoms with E-state index in [1.165, 1.54) is 0 Å². The Morgan fingerprint density at radius 1 is 1.35 bits per heavy atom. The van der Waals surface area contributed by atoms with Gasteiger partial charge < -0.3 is 15.8 Å². The average molecular weight is 276 g/mol. The minimum Gasteiger partial charge on any atom is -0.494 e. The Morgan fingerprint density at radius 3 is 2.75 bits per heavy atom. The summed E-state index contributed by atoms with van der Waals surface area (Å²) in [6, 6.07) is 7.71. The first kappa shape index (κ1) is 14.9. The van der Waals surface area contributed by atoms with Gasteiger partial charge in [0, 0.05) is 17.6 Å². The van der Waals surface area contributed by atoms with Gasteiger partial charge in [0.15, 0.2) is 0 Å². The molecule has 110 valence electrons. The highest BCUT2D eigenvalue weighted by Crippen LogP contribution is 2.25. The van der Waals surface area contributed by atoms with Crippen LogP contribution in [0.2, 0.25) is 0 Å². The van der Waals surface area contributed by atoms with Crippen molar-refractivity contribution in [1.82, 2.24) is 0 Å². The van der Waals surface area contributed by atoms with Crippen LogP contribution in [0.1, 0.15) is 39.0 Å². The zero-order valence-corrected chi connectivity index (χ0v) is 12.1. The van der Waals surface area contributed by atoms with Crippen molar-refractivity contribution >= 4 is 11.6 Å². The third-order valence-electron chi connectivity index (χ3n) is 3.68. The van der Waals surface area contributed by atoms with Gasteiger partial charge in [-0.1, -0.05) is 13.3 Å². The smallest absolute Gasteiger partial charge is 0.227 e. The van der Waals surface area contributed by atoms with Crippen LogP contribution in [0.3, 0.4) is 0 Å². The number of ether oxygens (including phenoxy) is 1. The van der Waals surface area contributed by atoms with Crippen LogP contribution < -0.4 is 15.8 Å². The number of benzene rings is 1. The molecule has 0 radical (unpaired) electrons. The number of amides is 1. The molecule has 4 heteroatoms. The minimum absolute atomic E-state index is 0.0507. The highest BCUT2D eigenvalue weighted by atomic mass is 16.5. The van der Waals surface area contributed by atoms with Crippen molar-refractivity contribution < 1.29 is 9.53 Å². The first-order chi connectivity index (χ1) is 9.69. The molecular formula is C16H24N2O2. The second-order valence-corrected chi connectivity index (χ2v) is 5.49. The fourth-order valence-electron chi connectivity index (χ4n) is 2.56. The van der Waals surface area contributed by atoms with Gasteiger partial charge >= 0.3 is 0 Å². The molecule has 0 spiro atoms. The summed E-state index contributed by atoms with van der Waals surface area (Å²) in [6.07, 6.45) is 4.80. The summed E-state index contributed by atoms with van der Waals surface area (Å²) in [6.45, 7) is 2.79. The van der Waals surface area contributed by atoms with Crippen molar-refractivity contribution in [2.24, 2.45) is 11.7 Å². The zero-order chi connectivity index (χ0) is 14.4. The van der Waals surface area contributed by atoms with E-state index in [4.69, 9.17) is 10.5 Å². The maximum absolute atomic E-state index is 12.2. The molecule has 0 aliphatic heterocycles. The first-order valence-electron chi connectivity index (χ1n) is 7.48. The predicted octanol–water partition coefficient (Wildman–Crippen LogP) is 2.93. The van der Waals surface area contributed by atoms with Crippen LogP contribution in [0.5, 0.6) is 5.75 Å². The monoisotopic (exact) mass is 276 g/mol. The van der Waals surface area contributed by atoms with Crippen LogP contribution in [-0.2, 0) is 4.79 Å². The number of carbonyl (C=O) groups is 1. The minimum atomic E-state index is 0.0507. The second kappa shape index (κ2) is 7.29. The lowest BCUT2D eigenvalue weighted by Gasteiger charge is -2.25. The Kier molecular flexibility index (Phi) is 5.41. The van der Waals surface area contributed by atoms with E-state index < -0.39 is 0 Å². The van der Waals surface area contributed by atoms with Gasteiger partial charge in [0.05, 0.1) is 6.61 Å². The molecule has 1 fully saturated rings. The normalized spacial score (nSPS) is 22.3. The Bertz CT molecular complexity index is 431. The quantitative estimate of drug-likeness (QED) is 0.869. The molecule has 0 aromatic heterocycles. The highest BCUT2D eigenvalue weighted by Gasteiger charge is 2.25. The Balaban J connectivity index is 1.87. The van der Waals surface area contributed by atoms with E-state index in [0.717, 1.165) is 43.5 Å². The van der Waals surface area contributed by atoms with E-state index in [1.807, 2.05) is 24.3 Å². The van der Waals surface area contributed by atoms with Gasteiger partial charge in [-0.25, -0.2) is 0 Å². The summed E-state index contributed by atoms with van der Waals surface area (Å²) in [5, 5.41) is 2.97. The predicted molar refractivity (Wildman–Crippen MR) is 80.8 cm³/mol. The molecule has 1 saturated carbocycles. The van der Waals surface area contributed by atoms with Crippen molar-refractivity contribution in [3.8, 4) is 5.75 Å². The summed E-state index contributed by atoms with van der Waals surface area (Å²) in [7, 11) is 0. The number of nitrogens with two attached hydrogens (primary N) is 1. The number of carbonyl (C=O) groups excluding carboxylic acids is 1. The van der Waals surface area contributed by atoms with Crippen LogP contribution in [-0.4, -0.2) is 18.6 Å². The summed E-state index contributed by atoms with van der Waals surface area (Å²) >= 11 is 0. The Labute approximate surface area is 120 Å². The van der Waals surface area contributed by atoms with Crippen molar-refractivity contribution in [3.05, 3.63) is 24.3 Å². The van der Waals surface area contributed by atoms with Gasteiger partial charge in [0.1, 0.15) is 5.75 Å². The molecule has 0 saturated heterocycles. The largest absolute Gasteiger partial charge is 0.494 e. The Morgan fingerprint density at radius 2 is 2.10 bits per heavy atom. The fraction of sp³-hybridized carbons (Fsp3) is 0.562. The van der Waals surface area contributed by atoms with E-state index in [9.17, 15) is 4.79 Å². The molecule has 20 heavy (non-hydrogen) atoms. The molecule has 3 N–H and O–H groups in total. The van der Waals surface area contributed by atoms with Crippen molar-refractivity contribution in [2.45, 2.75) is 45.1 Å². The average Bonchev–Trinajstić information content (AvgIpc) is 2.46.